The highest BCUT2D eigenvalue weighted by atomic mass is 35.5. The van der Waals surface area contributed by atoms with Gasteiger partial charge in [-0.1, -0.05) is 30.5 Å². The molecule has 0 aromatic heterocycles. The predicted octanol–water partition coefficient (Wildman–Crippen LogP) is 4.42. The van der Waals surface area contributed by atoms with E-state index in [9.17, 15) is 4.79 Å². The lowest BCUT2D eigenvalue weighted by Gasteiger charge is -2.30. The molecule has 0 bridgehead atoms. The van der Waals surface area contributed by atoms with Crippen LogP contribution in [0, 0.1) is 18.8 Å². The Morgan fingerprint density at radius 1 is 1.30 bits per heavy atom. The molecule has 20 heavy (non-hydrogen) atoms. The topological polar surface area (TPSA) is 29.1 Å². The van der Waals surface area contributed by atoms with Gasteiger partial charge in [-0.3, -0.25) is 4.79 Å². The third kappa shape index (κ3) is 3.67. The molecule has 1 fully saturated rings. The van der Waals surface area contributed by atoms with Gasteiger partial charge in [0.1, 0.15) is 0 Å². The van der Waals surface area contributed by atoms with E-state index in [-0.39, 0.29) is 5.91 Å². The van der Waals surface area contributed by atoms with Gasteiger partial charge in [-0.15, -0.1) is 11.6 Å². The molecule has 4 heteroatoms. The Hall–Kier alpha value is -0.730. The Bertz CT molecular complexity index is 476. The molecule has 0 heterocycles. The Labute approximate surface area is 130 Å². The van der Waals surface area contributed by atoms with Crippen LogP contribution in [0.1, 0.15) is 41.6 Å². The van der Waals surface area contributed by atoms with Gasteiger partial charge in [0.2, 0.25) is 0 Å². The highest BCUT2D eigenvalue weighted by Gasteiger charge is 2.25. The van der Waals surface area contributed by atoms with Crippen LogP contribution in [0.15, 0.2) is 18.2 Å². The van der Waals surface area contributed by atoms with Crippen LogP contribution in [-0.4, -0.2) is 18.3 Å². The molecular weight excluding hydrogens is 293 g/mol. The van der Waals surface area contributed by atoms with Crippen molar-refractivity contribution in [2.75, 3.05) is 12.4 Å². The van der Waals surface area contributed by atoms with E-state index in [4.69, 9.17) is 23.2 Å². The molecule has 2 rings (SSSR count). The minimum absolute atomic E-state index is 0.0381. The SMILES string of the molecule is Cc1c(Cl)cccc1C(=O)NCC1CCCCC1CCl. The zero-order valence-corrected chi connectivity index (χ0v) is 13.3. The molecule has 1 aliphatic carbocycles. The number of alkyl halides is 1. The Kier molecular flexibility index (Phi) is 5.74. The number of carbonyl (C=O) groups is 1. The van der Waals surface area contributed by atoms with E-state index in [0.29, 0.717) is 34.8 Å². The first-order chi connectivity index (χ1) is 9.63. The van der Waals surface area contributed by atoms with Crippen molar-refractivity contribution in [3.05, 3.63) is 34.3 Å². The summed E-state index contributed by atoms with van der Waals surface area (Å²) in [6.45, 7) is 2.58. The van der Waals surface area contributed by atoms with Crippen LogP contribution in [0.5, 0.6) is 0 Å². The van der Waals surface area contributed by atoms with Crippen molar-refractivity contribution < 1.29 is 4.79 Å². The second-order valence-corrected chi connectivity index (χ2v) is 6.30. The summed E-state index contributed by atoms with van der Waals surface area (Å²) in [6.07, 6.45) is 4.84. The lowest BCUT2D eigenvalue weighted by atomic mass is 9.80. The van der Waals surface area contributed by atoms with E-state index in [2.05, 4.69) is 5.32 Å². The summed E-state index contributed by atoms with van der Waals surface area (Å²) in [4.78, 5) is 12.3. The van der Waals surface area contributed by atoms with E-state index in [1.54, 1.807) is 6.07 Å². The summed E-state index contributed by atoms with van der Waals surface area (Å²) in [5.41, 5.74) is 1.50. The van der Waals surface area contributed by atoms with Crippen LogP contribution in [-0.2, 0) is 0 Å². The first-order valence-corrected chi connectivity index (χ1v) is 8.14. The van der Waals surface area contributed by atoms with Crippen LogP contribution < -0.4 is 5.32 Å². The number of nitrogens with one attached hydrogen (secondary N) is 1. The monoisotopic (exact) mass is 313 g/mol. The molecular formula is C16H21Cl2NO. The minimum Gasteiger partial charge on any atom is -0.352 e. The average Bonchev–Trinajstić information content (AvgIpc) is 2.48. The average molecular weight is 314 g/mol. The van der Waals surface area contributed by atoms with Crippen molar-refractivity contribution >= 4 is 29.1 Å². The number of hydrogen-bond donors (Lipinski definition) is 1. The molecule has 110 valence electrons. The van der Waals surface area contributed by atoms with Gasteiger partial charge >= 0.3 is 0 Å². The summed E-state index contributed by atoms with van der Waals surface area (Å²) in [6, 6.07) is 5.43. The molecule has 2 nitrogen and oxygen atoms in total. The van der Waals surface area contributed by atoms with Gasteiger partial charge in [0.25, 0.3) is 5.91 Å². The van der Waals surface area contributed by atoms with Gasteiger partial charge in [0.05, 0.1) is 0 Å². The normalized spacial score (nSPS) is 22.6. The maximum absolute atomic E-state index is 12.3. The maximum atomic E-state index is 12.3. The largest absolute Gasteiger partial charge is 0.352 e. The molecule has 1 saturated carbocycles. The Balaban J connectivity index is 1.96. The van der Waals surface area contributed by atoms with E-state index in [1.165, 1.54) is 19.3 Å². The van der Waals surface area contributed by atoms with Crippen LogP contribution in [0.4, 0.5) is 0 Å². The third-order valence-electron chi connectivity index (χ3n) is 4.30. The standard InChI is InChI=1S/C16H21Cl2NO/c1-11-14(7-4-8-15(11)18)16(20)19-10-13-6-3-2-5-12(13)9-17/h4,7-8,12-13H,2-3,5-6,9-10H2,1H3,(H,19,20). The van der Waals surface area contributed by atoms with Crippen molar-refractivity contribution in [1.82, 2.24) is 5.32 Å². The first-order valence-electron chi connectivity index (χ1n) is 7.22. The molecule has 0 radical (unpaired) electrons. The van der Waals surface area contributed by atoms with E-state index in [1.807, 2.05) is 19.1 Å². The second kappa shape index (κ2) is 7.33. The predicted molar refractivity (Wildman–Crippen MR) is 84.7 cm³/mol. The number of benzene rings is 1. The summed E-state index contributed by atoms with van der Waals surface area (Å²) in [5, 5.41) is 3.68. The molecule has 1 aromatic carbocycles. The number of carbonyl (C=O) groups excluding carboxylic acids is 1. The fourth-order valence-corrected chi connectivity index (χ4v) is 3.51. The van der Waals surface area contributed by atoms with Crippen molar-refractivity contribution in [3.63, 3.8) is 0 Å². The highest BCUT2D eigenvalue weighted by Crippen LogP contribution is 2.30. The molecule has 2 unspecified atom stereocenters. The number of amides is 1. The van der Waals surface area contributed by atoms with Crippen LogP contribution in [0.2, 0.25) is 5.02 Å². The lowest BCUT2D eigenvalue weighted by molar-refractivity contribution is 0.0936. The van der Waals surface area contributed by atoms with Gasteiger partial charge in [0, 0.05) is 23.0 Å². The zero-order chi connectivity index (χ0) is 14.5. The molecule has 1 N–H and O–H groups in total. The molecule has 0 saturated heterocycles. The lowest BCUT2D eigenvalue weighted by Crippen LogP contribution is -2.35. The van der Waals surface area contributed by atoms with Crippen molar-refractivity contribution in [2.24, 2.45) is 11.8 Å². The third-order valence-corrected chi connectivity index (χ3v) is 5.11. The van der Waals surface area contributed by atoms with Gasteiger partial charge < -0.3 is 5.32 Å². The fraction of sp³-hybridized carbons (Fsp3) is 0.562. The number of halogens is 2. The zero-order valence-electron chi connectivity index (χ0n) is 11.8. The highest BCUT2D eigenvalue weighted by molar-refractivity contribution is 6.31. The van der Waals surface area contributed by atoms with Crippen molar-refractivity contribution in [1.29, 1.82) is 0 Å². The van der Waals surface area contributed by atoms with Crippen LogP contribution >= 0.6 is 23.2 Å². The van der Waals surface area contributed by atoms with Crippen molar-refractivity contribution in [3.8, 4) is 0 Å². The molecule has 0 aliphatic heterocycles. The summed E-state index contributed by atoms with van der Waals surface area (Å²) < 4.78 is 0. The molecule has 0 spiro atoms. The fourth-order valence-electron chi connectivity index (χ4n) is 2.93. The van der Waals surface area contributed by atoms with Crippen LogP contribution in [0.3, 0.4) is 0 Å². The summed E-state index contributed by atoms with van der Waals surface area (Å²) in [5.74, 6) is 1.69. The minimum atomic E-state index is -0.0381. The first kappa shape index (κ1) is 15.7. The van der Waals surface area contributed by atoms with Gasteiger partial charge in [-0.25, -0.2) is 0 Å². The van der Waals surface area contributed by atoms with E-state index in [0.717, 1.165) is 12.0 Å². The second-order valence-electron chi connectivity index (χ2n) is 5.58. The quantitative estimate of drug-likeness (QED) is 0.819. The van der Waals surface area contributed by atoms with E-state index < -0.39 is 0 Å². The summed E-state index contributed by atoms with van der Waals surface area (Å²) >= 11 is 12.1. The smallest absolute Gasteiger partial charge is 0.251 e. The molecule has 1 amide bonds. The molecule has 1 aromatic rings. The number of hydrogen-bond acceptors (Lipinski definition) is 1. The van der Waals surface area contributed by atoms with Gasteiger partial charge in [-0.05, 0) is 49.3 Å². The van der Waals surface area contributed by atoms with Gasteiger partial charge in [0.15, 0.2) is 0 Å². The Morgan fingerprint density at radius 3 is 2.70 bits per heavy atom. The Morgan fingerprint density at radius 2 is 2.00 bits per heavy atom. The van der Waals surface area contributed by atoms with E-state index >= 15 is 0 Å². The number of rotatable bonds is 4. The van der Waals surface area contributed by atoms with Crippen LogP contribution in [0.25, 0.3) is 0 Å². The van der Waals surface area contributed by atoms with Gasteiger partial charge in [-0.2, -0.15) is 0 Å². The maximum Gasteiger partial charge on any atom is 0.251 e. The molecule has 2 atom stereocenters. The van der Waals surface area contributed by atoms with Crippen molar-refractivity contribution in [2.45, 2.75) is 32.6 Å². The summed E-state index contributed by atoms with van der Waals surface area (Å²) in [7, 11) is 0. The molecule has 1 aliphatic rings.